The zero-order valence-electron chi connectivity index (χ0n) is 13.9. The van der Waals surface area contributed by atoms with Crippen LogP contribution in [0.15, 0.2) is 24.3 Å². The van der Waals surface area contributed by atoms with Crippen LogP contribution in [0.4, 0.5) is 5.69 Å². The summed E-state index contributed by atoms with van der Waals surface area (Å²) in [6.45, 7) is 2.05. The van der Waals surface area contributed by atoms with E-state index in [4.69, 9.17) is 9.47 Å². The van der Waals surface area contributed by atoms with Gasteiger partial charge in [0, 0.05) is 13.8 Å². The lowest BCUT2D eigenvalue weighted by Gasteiger charge is -2.42. The summed E-state index contributed by atoms with van der Waals surface area (Å²) in [7, 11) is 0. The number of ether oxygens (including phenoxy) is 2. The van der Waals surface area contributed by atoms with Crippen LogP contribution < -0.4 is 15.4 Å². The maximum Gasteiger partial charge on any atom is 0.223 e. The number of para-hydroxylation sites is 2. The minimum atomic E-state index is -1.41. The SMILES string of the molecule is CC(=O)Nc1ccccc1O[C@@H]1O[C@H](CO)[C@@H](O)[C@H](O)[C@H]1NC(C)=O. The fourth-order valence-corrected chi connectivity index (χ4v) is 2.56. The van der Waals surface area contributed by atoms with E-state index in [-0.39, 0.29) is 11.7 Å². The summed E-state index contributed by atoms with van der Waals surface area (Å²) in [5.74, 6) is -0.507. The molecule has 1 aliphatic heterocycles. The standard InChI is InChI=1S/C16H22N2O7/c1-8(20)17-10-5-3-4-6-11(10)24-16-13(18-9(2)21)15(23)14(22)12(7-19)25-16/h3-6,12-16,19,22-23H,7H2,1-2H3,(H,17,20)(H,18,21)/t12-,13-,14-,15-,16-/m1/s1. The van der Waals surface area contributed by atoms with Crippen LogP contribution in [0.5, 0.6) is 5.75 Å². The van der Waals surface area contributed by atoms with Gasteiger partial charge in [0.1, 0.15) is 30.1 Å². The fraction of sp³-hybridized carbons (Fsp3) is 0.500. The molecule has 2 amide bonds. The zero-order chi connectivity index (χ0) is 18.6. The molecule has 25 heavy (non-hydrogen) atoms. The van der Waals surface area contributed by atoms with Gasteiger partial charge in [-0.05, 0) is 12.1 Å². The smallest absolute Gasteiger partial charge is 0.223 e. The van der Waals surface area contributed by atoms with Gasteiger partial charge in [-0.25, -0.2) is 0 Å². The Labute approximate surface area is 144 Å². The molecule has 1 fully saturated rings. The molecule has 5 atom stereocenters. The molecule has 1 saturated heterocycles. The monoisotopic (exact) mass is 354 g/mol. The molecule has 9 nitrogen and oxygen atoms in total. The summed E-state index contributed by atoms with van der Waals surface area (Å²) in [4.78, 5) is 22.7. The Kier molecular flexibility index (Phi) is 6.32. The number of hydrogen-bond donors (Lipinski definition) is 5. The van der Waals surface area contributed by atoms with Crippen molar-refractivity contribution in [3.63, 3.8) is 0 Å². The van der Waals surface area contributed by atoms with E-state index in [0.717, 1.165) is 0 Å². The first-order valence-corrected chi connectivity index (χ1v) is 7.76. The summed E-state index contributed by atoms with van der Waals surface area (Å²) >= 11 is 0. The molecule has 0 spiro atoms. The zero-order valence-corrected chi connectivity index (χ0v) is 13.9. The third-order valence-corrected chi connectivity index (χ3v) is 3.69. The van der Waals surface area contributed by atoms with Crippen molar-refractivity contribution in [2.45, 2.75) is 44.5 Å². The maximum absolute atomic E-state index is 11.4. The average Bonchev–Trinajstić information content (AvgIpc) is 2.55. The number of carbonyl (C=O) groups is 2. The number of aliphatic hydroxyl groups excluding tert-OH is 3. The van der Waals surface area contributed by atoms with Crippen molar-refractivity contribution < 1.29 is 34.4 Å². The summed E-state index contributed by atoms with van der Waals surface area (Å²) in [6, 6.07) is 5.49. The van der Waals surface area contributed by atoms with Gasteiger partial charge in [0.2, 0.25) is 18.1 Å². The Bertz CT molecular complexity index is 624. The Morgan fingerprint density at radius 3 is 2.44 bits per heavy atom. The van der Waals surface area contributed by atoms with Crippen molar-refractivity contribution >= 4 is 17.5 Å². The van der Waals surface area contributed by atoms with E-state index >= 15 is 0 Å². The van der Waals surface area contributed by atoms with Gasteiger partial charge in [0.15, 0.2) is 0 Å². The number of anilines is 1. The summed E-state index contributed by atoms with van der Waals surface area (Å²) in [5, 5.41) is 34.6. The van der Waals surface area contributed by atoms with Crippen LogP contribution in [0.25, 0.3) is 0 Å². The molecule has 2 rings (SSSR count). The quantitative estimate of drug-likeness (QED) is 0.456. The molecule has 9 heteroatoms. The molecule has 0 radical (unpaired) electrons. The topological polar surface area (TPSA) is 137 Å². The van der Waals surface area contributed by atoms with E-state index in [1.807, 2.05) is 0 Å². The van der Waals surface area contributed by atoms with Crippen LogP contribution in [-0.4, -0.2) is 64.4 Å². The number of rotatable bonds is 5. The number of amides is 2. The Morgan fingerprint density at radius 2 is 1.84 bits per heavy atom. The second-order valence-corrected chi connectivity index (χ2v) is 5.73. The largest absolute Gasteiger partial charge is 0.460 e. The molecule has 1 heterocycles. The minimum Gasteiger partial charge on any atom is -0.460 e. The molecule has 0 aliphatic carbocycles. The van der Waals surface area contributed by atoms with Gasteiger partial charge in [-0.1, -0.05) is 12.1 Å². The molecule has 0 bridgehead atoms. The molecule has 138 valence electrons. The number of benzene rings is 1. The van der Waals surface area contributed by atoms with Gasteiger partial charge in [0.05, 0.1) is 12.3 Å². The predicted molar refractivity (Wildman–Crippen MR) is 86.7 cm³/mol. The van der Waals surface area contributed by atoms with Crippen molar-refractivity contribution in [3.05, 3.63) is 24.3 Å². The summed E-state index contributed by atoms with van der Waals surface area (Å²) in [6.07, 6.45) is -5.08. The highest BCUT2D eigenvalue weighted by Crippen LogP contribution is 2.29. The van der Waals surface area contributed by atoms with Crippen LogP contribution in [-0.2, 0) is 14.3 Å². The highest BCUT2D eigenvalue weighted by atomic mass is 16.7. The van der Waals surface area contributed by atoms with Crippen LogP contribution in [0, 0.1) is 0 Å². The summed E-state index contributed by atoms with van der Waals surface area (Å²) in [5.41, 5.74) is 0.376. The fourth-order valence-electron chi connectivity index (χ4n) is 2.56. The van der Waals surface area contributed by atoms with Gasteiger partial charge in [0.25, 0.3) is 0 Å². The molecule has 1 aromatic carbocycles. The van der Waals surface area contributed by atoms with Crippen molar-refractivity contribution in [1.29, 1.82) is 0 Å². The van der Waals surface area contributed by atoms with Crippen molar-refractivity contribution in [2.24, 2.45) is 0 Å². The maximum atomic E-state index is 11.4. The molecule has 5 N–H and O–H groups in total. The van der Waals surface area contributed by atoms with E-state index in [1.54, 1.807) is 24.3 Å². The lowest BCUT2D eigenvalue weighted by Crippen LogP contribution is -2.65. The summed E-state index contributed by atoms with van der Waals surface area (Å²) < 4.78 is 11.2. The molecular weight excluding hydrogens is 332 g/mol. The first kappa shape index (κ1) is 19.1. The van der Waals surface area contributed by atoms with Gasteiger partial charge in [-0.15, -0.1) is 0 Å². The Balaban J connectivity index is 2.27. The van der Waals surface area contributed by atoms with Crippen LogP contribution >= 0.6 is 0 Å². The lowest BCUT2D eigenvalue weighted by atomic mass is 9.97. The van der Waals surface area contributed by atoms with E-state index in [9.17, 15) is 24.9 Å². The molecule has 0 aromatic heterocycles. The highest BCUT2D eigenvalue weighted by Gasteiger charge is 2.46. The van der Waals surface area contributed by atoms with Crippen LogP contribution in [0.3, 0.4) is 0 Å². The van der Waals surface area contributed by atoms with Crippen molar-refractivity contribution in [3.8, 4) is 5.75 Å². The third-order valence-electron chi connectivity index (χ3n) is 3.69. The molecule has 1 aromatic rings. The highest BCUT2D eigenvalue weighted by molar-refractivity contribution is 5.90. The van der Waals surface area contributed by atoms with Gasteiger partial charge >= 0.3 is 0 Å². The van der Waals surface area contributed by atoms with Crippen molar-refractivity contribution in [1.82, 2.24) is 5.32 Å². The second-order valence-electron chi connectivity index (χ2n) is 5.73. The number of hydrogen-bond acceptors (Lipinski definition) is 7. The molecule has 0 saturated carbocycles. The van der Waals surface area contributed by atoms with E-state index < -0.39 is 43.2 Å². The average molecular weight is 354 g/mol. The van der Waals surface area contributed by atoms with Gasteiger partial charge in [-0.3, -0.25) is 9.59 Å². The number of nitrogens with one attached hydrogen (secondary N) is 2. The normalized spacial score (nSPS) is 28.9. The minimum absolute atomic E-state index is 0.248. The Hall–Kier alpha value is -2.20. The molecule has 0 unspecified atom stereocenters. The van der Waals surface area contributed by atoms with Crippen molar-refractivity contribution in [2.75, 3.05) is 11.9 Å². The van der Waals surface area contributed by atoms with Gasteiger partial charge < -0.3 is 35.4 Å². The molecule has 1 aliphatic rings. The lowest BCUT2D eigenvalue weighted by molar-refractivity contribution is -0.244. The Morgan fingerprint density at radius 1 is 1.16 bits per heavy atom. The third kappa shape index (κ3) is 4.67. The van der Waals surface area contributed by atoms with E-state index in [0.29, 0.717) is 5.69 Å². The van der Waals surface area contributed by atoms with Gasteiger partial charge in [-0.2, -0.15) is 0 Å². The first-order chi connectivity index (χ1) is 11.8. The number of carbonyl (C=O) groups excluding carboxylic acids is 2. The van der Waals surface area contributed by atoms with E-state index in [1.165, 1.54) is 13.8 Å². The molecular formula is C16H22N2O7. The number of aliphatic hydroxyl groups is 3. The van der Waals surface area contributed by atoms with Crippen LogP contribution in [0.1, 0.15) is 13.8 Å². The first-order valence-electron chi connectivity index (χ1n) is 7.76. The van der Waals surface area contributed by atoms with E-state index in [2.05, 4.69) is 10.6 Å². The predicted octanol–water partition coefficient (Wildman–Crippen LogP) is -1.03. The second kappa shape index (κ2) is 8.26. The van der Waals surface area contributed by atoms with Crippen LogP contribution in [0.2, 0.25) is 0 Å².